The van der Waals surface area contributed by atoms with Crippen molar-refractivity contribution in [1.82, 2.24) is 0 Å². The van der Waals surface area contributed by atoms with Crippen LogP contribution in [0.2, 0.25) is 0 Å². The minimum absolute atomic E-state index is 0.0284. The van der Waals surface area contributed by atoms with Gasteiger partial charge in [0.05, 0.1) is 0 Å². The van der Waals surface area contributed by atoms with E-state index in [-0.39, 0.29) is 11.7 Å². The lowest BCUT2D eigenvalue weighted by molar-refractivity contribution is -0.125. The predicted octanol–water partition coefficient (Wildman–Crippen LogP) is 3.37. The molecule has 16 heavy (non-hydrogen) atoms. The molecule has 0 spiro atoms. The van der Waals surface area contributed by atoms with Crippen molar-refractivity contribution < 1.29 is 9.18 Å². The molecule has 0 aliphatic heterocycles. The van der Waals surface area contributed by atoms with Gasteiger partial charge in [-0.25, -0.2) is 4.39 Å². The van der Waals surface area contributed by atoms with E-state index < -0.39 is 0 Å². The van der Waals surface area contributed by atoms with Gasteiger partial charge in [-0.2, -0.15) is 0 Å². The maximum Gasteiger partial charge on any atom is 0.136 e. The first kappa shape index (κ1) is 11.3. The molecule has 2 heteroatoms. The fourth-order valence-electron chi connectivity index (χ4n) is 2.45. The minimum Gasteiger partial charge on any atom is -0.299 e. The van der Waals surface area contributed by atoms with Gasteiger partial charge in [0.2, 0.25) is 0 Å². The number of carbonyl (C=O) groups excluding carboxylic acids is 1. The fraction of sp³-hybridized carbons (Fsp3) is 0.500. The lowest BCUT2D eigenvalue weighted by atomic mass is 9.78. The highest BCUT2D eigenvalue weighted by Crippen LogP contribution is 2.29. The Balaban J connectivity index is 2.09. The summed E-state index contributed by atoms with van der Waals surface area (Å²) in [6.45, 7) is 2.17. The number of hydrogen-bond acceptors (Lipinski definition) is 1. The van der Waals surface area contributed by atoms with Gasteiger partial charge in [-0.15, -0.1) is 0 Å². The highest BCUT2D eigenvalue weighted by atomic mass is 19.1. The van der Waals surface area contributed by atoms with Crippen LogP contribution in [0.5, 0.6) is 0 Å². The molecule has 1 aromatic carbocycles. The van der Waals surface area contributed by atoms with Crippen LogP contribution in [0.15, 0.2) is 24.3 Å². The minimum atomic E-state index is -0.187. The molecular formula is C14H17FO. The van der Waals surface area contributed by atoms with Crippen molar-refractivity contribution in [1.29, 1.82) is 0 Å². The van der Waals surface area contributed by atoms with Crippen molar-refractivity contribution in [3.05, 3.63) is 35.6 Å². The van der Waals surface area contributed by atoms with Crippen molar-refractivity contribution in [2.75, 3.05) is 0 Å². The molecule has 0 radical (unpaired) electrons. The first-order chi connectivity index (χ1) is 7.66. The summed E-state index contributed by atoms with van der Waals surface area (Å²) in [5, 5.41) is 0. The largest absolute Gasteiger partial charge is 0.299 e. The topological polar surface area (TPSA) is 17.1 Å². The van der Waals surface area contributed by atoms with Gasteiger partial charge in [0.1, 0.15) is 11.6 Å². The van der Waals surface area contributed by atoms with E-state index in [4.69, 9.17) is 0 Å². The molecule has 1 nitrogen and oxygen atoms in total. The number of rotatable bonds is 2. The summed E-state index contributed by atoms with van der Waals surface area (Å²) in [6, 6.07) is 6.76. The van der Waals surface area contributed by atoms with Gasteiger partial charge in [0, 0.05) is 12.3 Å². The summed E-state index contributed by atoms with van der Waals surface area (Å²) in [5.41, 5.74) is 0.676. The summed E-state index contributed by atoms with van der Waals surface area (Å²) in [4.78, 5) is 11.7. The number of hydrogen-bond donors (Lipinski definition) is 0. The molecule has 0 bridgehead atoms. The molecule has 1 saturated carbocycles. The van der Waals surface area contributed by atoms with E-state index in [1.165, 1.54) is 6.07 Å². The van der Waals surface area contributed by atoms with Crippen molar-refractivity contribution in [3.8, 4) is 0 Å². The Labute approximate surface area is 95.7 Å². The van der Waals surface area contributed by atoms with Gasteiger partial charge in [0.25, 0.3) is 0 Å². The highest BCUT2D eigenvalue weighted by Gasteiger charge is 2.26. The van der Waals surface area contributed by atoms with E-state index in [1.54, 1.807) is 12.1 Å². The Morgan fingerprint density at radius 3 is 2.88 bits per heavy atom. The molecule has 0 amide bonds. The van der Waals surface area contributed by atoms with E-state index in [0.29, 0.717) is 30.1 Å². The molecule has 2 rings (SSSR count). The van der Waals surface area contributed by atoms with Gasteiger partial charge in [0.15, 0.2) is 0 Å². The summed E-state index contributed by atoms with van der Waals surface area (Å²) in [7, 11) is 0. The average Bonchev–Trinajstić information content (AvgIpc) is 2.27. The summed E-state index contributed by atoms with van der Waals surface area (Å²) < 4.78 is 13.5. The summed E-state index contributed by atoms with van der Waals surface area (Å²) >= 11 is 0. The van der Waals surface area contributed by atoms with Crippen molar-refractivity contribution in [2.45, 2.75) is 32.6 Å². The van der Waals surface area contributed by atoms with E-state index in [9.17, 15) is 9.18 Å². The molecule has 1 fully saturated rings. The summed E-state index contributed by atoms with van der Waals surface area (Å²) in [6.07, 6.45) is 3.13. The quantitative estimate of drug-likeness (QED) is 0.746. The average molecular weight is 220 g/mol. The molecule has 0 aromatic heterocycles. The van der Waals surface area contributed by atoms with E-state index >= 15 is 0 Å². The second-order valence-corrected chi connectivity index (χ2v) is 4.84. The van der Waals surface area contributed by atoms with Crippen LogP contribution in [0.4, 0.5) is 4.39 Å². The molecule has 1 aliphatic carbocycles. The Bertz CT molecular complexity index is 386. The zero-order chi connectivity index (χ0) is 11.5. The Kier molecular flexibility index (Phi) is 3.37. The van der Waals surface area contributed by atoms with Gasteiger partial charge in [-0.3, -0.25) is 4.79 Å². The maximum absolute atomic E-state index is 13.5. The standard InChI is InChI=1S/C14H17FO/c1-10-6-7-14(16)12(8-10)9-11-4-2-3-5-13(11)15/h2-5,10,12H,6-9H2,1H3. The fourth-order valence-corrected chi connectivity index (χ4v) is 2.45. The van der Waals surface area contributed by atoms with Crippen LogP contribution in [0, 0.1) is 17.7 Å². The van der Waals surface area contributed by atoms with Gasteiger partial charge >= 0.3 is 0 Å². The first-order valence-corrected chi connectivity index (χ1v) is 5.93. The van der Waals surface area contributed by atoms with E-state index in [1.807, 2.05) is 6.07 Å². The molecule has 1 aliphatic rings. The zero-order valence-electron chi connectivity index (χ0n) is 9.58. The lowest BCUT2D eigenvalue weighted by Gasteiger charge is -2.25. The van der Waals surface area contributed by atoms with E-state index in [2.05, 4.69) is 6.92 Å². The van der Waals surface area contributed by atoms with Crippen molar-refractivity contribution >= 4 is 5.78 Å². The monoisotopic (exact) mass is 220 g/mol. The second-order valence-electron chi connectivity index (χ2n) is 4.84. The van der Waals surface area contributed by atoms with Crippen LogP contribution in [-0.2, 0) is 11.2 Å². The number of halogens is 1. The first-order valence-electron chi connectivity index (χ1n) is 5.93. The second kappa shape index (κ2) is 4.77. The highest BCUT2D eigenvalue weighted by molar-refractivity contribution is 5.82. The third-order valence-electron chi connectivity index (χ3n) is 3.45. The molecule has 0 heterocycles. The Hall–Kier alpha value is -1.18. The Morgan fingerprint density at radius 2 is 2.12 bits per heavy atom. The lowest BCUT2D eigenvalue weighted by Crippen LogP contribution is -2.25. The van der Waals surface area contributed by atoms with Crippen molar-refractivity contribution in [2.24, 2.45) is 11.8 Å². The predicted molar refractivity (Wildman–Crippen MR) is 61.6 cm³/mol. The van der Waals surface area contributed by atoms with Crippen LogP contribution in [0.3, 0.4) is 0 Å². The number of benzene rings is 1. The van der Waals surface area contributed by atoms with Crippen molar-refractivity contribution in [3.63, 3.8) is 0 Å². The molecule has 1 aromatic rings. The zero-order valence-corrected chi connectivity index (χ0v) is 9.58. The molecule has 0 saturated heterocycles. The number of Topliss-reactive ketones (excluding diaryl/α,β-unsaturated/α-hetero) is 1. The summed E-state index contributed by atoms with van der Waals surface area (Å²) in [5.74, 6) is 0.741. The van der Waals surface area contributed by atoms with E-state index in [0.717, 1.165) is 12.8 Å². The van der Waals surface area contributed by atoms with Gasteiger partial charge in [-0.05, 0) is 36.8 Å². The molecule has 0 N–H and O–H groups in total. The van der Waals surface area contributed by atoms with Crippen LogP contribution in [-0.4, -0.2) is 5.78 Å². The van der Waals surface area contributed by atoms with Crippen LogP contribution in [0.1, 0.15) is 31.7 Å². The normalized spacial score (nSPS) is 25.8. The smallest absolute Gasteiger partial charge is 0.136 e. The Morgan fingerprint density at radius 1 is 1.38 bits per heavy atom. The molecule has 2 unspecified atom stereocenters. The number of ketones is 1. The third kappa shape index (κ3) is 2.49. The van der Waals surface area contributed by atoms with Gasteiger partial charge in [-0.1, -0.05) is 25.1 Å². The molecule has 2 atom stereocenters. The van der Waals surface area contributed by atoms with Crippen LogP contribution >= 0.6 is 0 Å². The maximum atomic E-state index is 13.5. The molecule has 86 valence electrons. The number of carbonyl (C=O) groups is 1. The van der Waals surface area contributed by atoms with Crippen LogP contribution < -0.4 is 0 Å². The van der Waals surface area contributed by atoms with Gasteiger partial charge < -0.3 is 0 Å². The molecular weight excluding hydrogens is 203 g/mol. The third-order valence-corrected chi connectivity index (χ3v) is 3.45. The van der Waals surface area contributed by atoms with Crippen LogP contribution in [0.25, 0.3) is 0 Å². The SMILES string of the molecule is CC1CCC(=O)C(Cc2ccccc2F)C1.